The Morgan fingerprint density at radius 3 is 1.76 bits per heavy atom. The number of rotatable bonds is 5. The van der Waals surface area contributed by atoms with E-state index < -0.39 is 4.87 Å². The van der Waals surface area contributed by atoms with Crippen LogP contribution in [0.3, 0.4) is 0 Å². The third-order valence-electron chi connectivity index (χ3n) is 6.72. The summed E-state index contributed by atoms with van der Waals surface area (Å²) in [5, 5.41) is 0. The molecule has 0 amide bonds. The van der Waals surface area contributed by atoms with Gasteiger partial charge < -0.3 is 0 Å². The number of allylic oxidation sites excluding steroid dienone is 4. The molecule has 3 heteroatoms. The van der Waals surface area contributed by atoms with Crippen molar-refractivity contribution in [3.05, 3.63) is 151 Å². The maximum absolute atomic E-state index is 7.35. The number of benzene rings is 4. The van der Waals surface area contributed by atoms with Gasteiger partial charge in [-0.1, -0.05) is 133 Å². The van der Waals surface area contributed by atoms with Gasteiger partial charge in [-0.15, -0.1) is 11.6 Å². The highest BCUT2D eigenvalue weighted by Gasteiger charge is 2.33. The summed E-state index contributed by atoms with van der Waals surface area (Å²) >= 11 is 7.35. The van der Waals surface area contributed by atoms with Crippen molar-refractivity contribution < 1.29 is 0 Å². The molecule has 1 atom stereocenters. The van der Waals surface area contributed by atoms with E-state index in [0.29, 0.717) is 12.2 Å². The average molecular weight is 497 g/mol. The molecule has 0 saturated carbocycles. The van der Waals surface area contributed by atoms with Crippen LogP contribution in [0.4, 0.5) is 0 Å². The summed E-state index contributed by atoms with van der Waals surface area (Å²) in [7, 11) is 0. The van der Waals surface area contributed by atoms with E-state index in [2.05, 4.69) is 78.9 Å². The largest absolute Gasteiger partial charge is 0.231 e. The van der Waals surface area contributed by atoms with Gasteiger partial charge in [-0.2, -0.15) is 0 Å². The third-order valence-corrected chi connectivity index (χ3v) is 7.18. The van der Waals surface area contributed by atoms with Crippen molar-refractivity contribution in [1.29, 1.82) is 0 Å². The van der Waals surface area contributed by atoms with E-state index in [9.17, 15) is 0 Å². The highest BCUT2D eigenvalue weighted by atomic mass is 35.5. The molecule has 1 aliphatic carbocycles. The molecule has 4 aromatic carbocycles. The van der Waals surface area contributed by atoms with Crippen LogP contribution < -0.4 is 0 Å². The maximum Gasteiger partial charge on any atom is 0.160 e. The van der Waals surface area contributed by atoms with Crippen LogP contribution in [0.2, 0.25) is 0 Å². The Hall–Kier alpha value is -4.27. The van der Waals surface area contributed by atoms with Crippen LogP contribution in [0.5, 0.6) is 0 Å². The standard InChI is InChI=1S/C34H25ClN2/c35-34(22-10-17-30(24-34)26-13-6-2-7-14-26)32-23-31(36-33(37-32)29-15-8-3-9-16-29)28-20-18-27(19-21-28)25-11-4-1-5-12-25/h1-23H,24H2. The lowest BCUT2D eigenvalue weighted by molar-refractivity contribution is 0.740. The first kappa shape index (κ1) is 23.1. The van der Waals surface area contributed by atoms with Crippen molar-refractivity contribution in [3.8, 4) is 33.8 Å². The van der Waals surface area contributed by atoms with E-state index in [0.717, 1.165) is 22.5 Å². The van der Waals surface area contributed by atoms with Crippen LogP contribution in [-0.4, -0.2) is 9.97 Å². The lowest BCUT2D eigenvalue weighted by Gasteiger charge is -2.28. The second-order valence-electron chi connectivity index (χ2n) is 9.23. The van der Waals surface area contributed by atoms with Gasteiger partial charge in [0.05, 0.1) is 11.4 Å². The zero-order chi connectivity index (χ0) is 25.1. The zero-order valence-electron chi connectivity index (χ0n) is 20.3. The first-order chi connectivity index (χ1) is 18.2. The fourth-order valence-corrected chi connectivity index (χ4v) is 5.04. The van der Waals surface area contributed by atoms with Crippen LogP contribution in [0, 0.1) is 0 Å². The Bertz CT molecular complexity index is 1570. The van der Waals surface area contributed by atoms with Gasteiger partial charge in [-0.05, 0) is 28.3 Å². The van der Waals surface area contributed by atoms with Gasteiger partial charge in [-0.3, -0.25) is 0 Å². The van der Waals surface area contributed by atoms with E-state index in [1.54, 1.807) is 0 Å². The maximum atomic E-state index is 7.35. The summed E-state index contributed by atoms with van der Waals surface area (Å²) in [5.74, 6) is 0.671. The third kappa shape index (κ3) is 4.89. The van der Waals surface area contributed by atoms with Crippen LogP contribution in [-0.2, 0) is 4.87 Å². The quantitative estimate of drug-likeness (QED) is 0.227. The molecule has 0 radical (unpaired) electrons. The topological polar surface area (TPSA) is 25.8 Å². The molecule has 0 aliphatic heterocycles. The second kappa shape index (κ2) is 10.0. The lowest BCUT2D eigenvalue weighted by atomic mass is 9.86. The van der Waals surface area contributed by atoms with Crippen LogP contribution in [0.1, 0.15) is 17.7 Å². The zero-order valence-corrected chi connectivity index (χ0v) is 21.0. The Balaban J connectivity index is 1.42. The molecule has 0 saturated heterocycles. The molecule has 1 aliphatic rings. The summed E-state index contributed by atoms with van der Waals surface area (Å²) in [4.78, 5) is 9.19. The van der Waals surface area contributed by atoms with E-state index in [-0.39, 0.29) is 0 Å². The molecule has 0 N–H and O–H groups in total. The first-order valence-electron chi connectivity index (χ1n) is 12.4. The van der Waals surface area contributed by atoms with Gasteiger partial charge in [0.25, 0.3) is 0 Å². The summed E-state index contributed by atoms with van der Waals surface area (Å²) in [5.41, 5.74) is 8.36. The lowest BCUT2D eigenvalue weighted by Crippen LogP contribution is -2.21. The Morgan fingerprint density at radius 2 is 1.11 bits per heavy atom. The van der Waals surface area contributed by atoms with Crippen molar-refractivity contribution in [2.75, 3.05) is 0 Å². The van der Waals surface area contributed by atoms with Crippen molar-refractivity contribution in [2.45, 2.75) is 11.3 Å². The molecule has 0 spiro atoms. The number of aromatic nitrogens is 2. The minimum absolute atomic E-state index is 0.646. The fraction of sp³-hybridized carbons (Fsp3) is 0.0588. The predicted molar refractivity (Wildman–Crippen MR) is 154 cm³/mol. The molecule has 5 aromatic rings. The Labute approximate surface area is 222 Å². The van der Waals surface area contributed by atoms with E-state index in [1.807, 2.05) is 60.7 Å². The number of alkyl halides is 1. The predicted octanol–water partition coefficient (Wildman–Crippen LogP) is 8.96. The average Bonchev–Trinajstić information content (AvgIpc) is 2.98. The summed E-state index contributed by atoms with van der Waals surface area (Å²) < 4.78 is 0. The highest BCUT2D eigenvalue weighted by molar-refractivity contribution is 6.26. The molecular weight excluding hydrogens is 472 g/mol. The van der Waals surface area contributed by atoms with E-state index in [4.69, 9.17) is 21.6 Å². The van der Waals surface area contributed by atoms with Gasteiger partial charge in [0.2, 0.25) is 0 Å². The number of halogens is 1. The van der Waals surface area contributed by atoms with Gasteiger partial charge in [0.15, 0.2) is 5.82 Å². The van der Waals surface area contributed by atoms with Gasteiger partial charge >= 0.3 is 0 Å². The van der Waals surface area contributed by atoms with Crippen LogP contribution in [0.15, 0.2) is 140 Å². The fourth-order valence-electron chi connectivity index (χ4n) is 4.73. The molecule has 0 bridgehead atoms. The van der Waals surface area contributed by atoms with Crippen LogP contribution >= 0.6 is 11.6 Å². The Morgan fingerprint density at radius 1 is 0.568 bits per heavy atom. The van der Waals surface area contributed by atoms with E-state index >= 15 is 0 Å². The number of hydrogen-bond acceptors (Lipinski definition) is 2. The summed E-state index contributed by atoms with van der Waals surface area (Å²) in [6.45, 7) is 0. The van der Waals surface area contributed by atoms with Crippen molar-refractivity contribution >= 4 is 17.2 Å². The first-order valence-corrected chi connectivity index (χ1v) is 12.8. The Kier molecular flexibility index (Phi) is 6.26. The van der Waals surface area contributed by atoms with Gasteiger partial charge in [0.1, 0.15) is 4.87 Å². The van der Waals surface area contributed by atoms with Crippen LogP contribution in [0.25, 0.3) is 39.3 Å². The molecule has 178 valence electrons. The molecule has 1 heterocycles. The normalized spacial score (nSPS) is 16.8. The molecule has 1 aromatic heterocycles. The minimum Gasteiger partial charge on any atom is -0.231 e. The SMILES string of the molecule is ClC1(c2cc(-c3ccc(-c4ccccc4)cc3)nc(-c3ccccc3)n2)C=CC=C(c2ccccc2)C1. The molecular formula is C34H25ClN2. The van der Waals surface area contributed by atoms with Crippen molar-refractivity contribution in [3.63, 3.8) is 0 Å². The van der Waals surface area contributed by atoms with Crippen molar-refractivity contribution in [2.24, 2.45) is 0 Å². The summed E-state index contributed by atoms with van der Waals surface area (Å²) in [6.07, 6.45) is 6.86. The molecule has 37 heavy (non-hydrogen) atoms. The van der Waals surface area contributed by atoms with E-state index in [1.165, 1.54) is 22.3 Å². The highest BCUT2D eigenvalue weighted by Crippen LogP contribution is 2.43. The molecule has 0 fully saturated rings. The smallest absolute Gasteiger partial charge is 0.160 e. The molecule has 6 rings (SSSR count). The number of hydrogen-bond donors (Lipinski definition) is 0. The van der Waals surface area contributed by atoms with Gasteiger partial charge in [-0.25, -0.2) is 9.97 Å². The van der Waals surface area contributed by atoms with Crippen molar-refractivity contribution in [1.82, 2.24) is 9.97 Å². The number of nitrogens with zero attached hydrogens (tertiary/aromatic N) is 2. The monoisotopic (exact) mass is 496 g/mol. The molecule has 2 nitrogen and oxygen atoms in total. The van der Waals surface area contributed by atoms with Gasteiger partial charge in [0, 0.05) is 17.5 Å². The second-order valence-corrected chi connectivity index (χ2v) is 9.90. The molecule has 1 unspecified atom stereocenters. The summed E-state index contributed by atoms with van der Waals surface area (Å²) in [6, 6.07) is 41.4. The minimum atomic E-state index is -0.773.